The van der Waals surface area contributed by atoms with Gasteiger partial charge in [-0.2, -0.15) is 5.26 Å². The number of H-pyrrole nitrogens is 1. The third kappa shape index (κ3) is 3.48. The minimum absolute atomic E-state index is 0.0824. The Bertz CT molecular complexity index is 1160. The van der Waals surface area contributed by atoms with Crippen molar-refractivity contribution < 1.29 is 9.52 Å². The molecule has 2 aromatic carbocycles. The summed E-state index contributed by atoms with van der Waals surface area (Å²) in [6.07, 6.45) is 0. The Morgan fingerprint density at radius 2 is 1.89 bits per heavy atom. The fraction of sp³-hybridized carbons (Fsp3) is 0.100. The average molecular weight is 389 g/mol. The van der Waals surface area contributed by atoms with Crippen LogP contribution in [-0.2, 0) is 0 Å². The summed E-state index contributed by atoms with van der Waals surface area (Å²) in [5, 5.41) is 28.1. The van der Waals surface area contributed by atoms with Crippen LogP contribution in [0.5, 0.6) is 0 Å². The van der Waals surface area contributed by atoms with Gasteiger partial charge in [-0.05, 0) is 31.2 Å². The standard InChI is InChI=1S/C20H15N5O2S/c1-12(28-20-25-24-19(27-20)13-7-3-2-4-8-13)17(26)14(11-21)18-22-15-9-5-6-10-16(15)23-18/h2-10,12,26H,1H3,(H,22,23)/b17-14-/t12-/m0/s1. The fourth-order valence-electron chi connectivity index (χ4n) is 2.67. The summed E-state index contributed by atoms with van der Waals surface area (Å²) >= 11 is 1.17. The molecule has 2 N–H and O–H groups in total. The first-order valence-corrected chi connectivity index (χ1v) is 9.37. The average Bonchev–Trinajstić information content (AvgIpc) is 3.36. The zero-order chi connectivity index (χ0) is 19.5. The normalized spacial score (nSPS) is 13.1. The quantitative estimate of drug-likeness (QED) is 0.292. The van der Waals surface area contributed by atoms with Crippen molar-refractivity contribution in [2.24, 2.45) is 0 Å². The number of aromatic amines is 1. The van der Waals surface area contributed by atoms with E-state index in [2.05, 4.69) is 20.2 Å². The van der Waals surface area contributed by atoms with Crippen molar-refractivity contribution in [1.29, 1.82) is 5.26 Å². The second kappa shape index (κ2) is 7.58. The first-order chi connectivity index (χ1) is 13.7. The largest absolute Gasteiger partial charge is 0.510 e. The number of thioether (sulfide) groups is 1. The maximum atomic E-state index is 10.6. The number of benzene rings is 2. The van der Waals surface area contributed by atoms with Crippen LogP contribution in [-0.4, -0.2) is 30.5 Å². The topological polar surface area (TPSA) is 112 Å². The highest BCUT2D eigenvalue weighted by Crippen LogP contribution is 2.31. The van der Waals surface area contributed by atoms with Gasteiger partial charge in [0.1, 0.15) is 17.4 Å². The van der Waals surface area contributed by atoms with Gasteiger partial charge in [-0.3, -0.25) is 0 Å². The number of hydrogen-bond acceptors (Lipinski definition) is 7. The summed E-state index contributed by atoms with van der Waals surface area (Å²) in [4.78, 5) is 7.44. The lowest BCUT2D eigenvalue weighted by atomic mass is 10.2. The maximum absolute atomic E-state index is 10.6. The van der Waals surface area contributed by atoms with Crippen molar-refractivity contribution in [1.82, 2.24) is 20.2 Å². The molecule has 1 atom stereocenters. The van der Waals surface area contributed by atoms with Crippen LogP contribution in [0.15, 0.2) is 70.0 Å². The molecule has 28 heavy (non-hydrogen) atoms. The van der Waals surface area contributed by atoms with Gasteiger partial charge in [-0.1, -0.05) is 42.1 Å². The van der Waals surface area contributed by atoms with Gasteiger partial charge in [-0.15, -0.1) is 10.2 Å². The molecule has 0 unspecified atom stereocenters. The second-order valence-corrected chi connectivity index (χ2v) is 7.27. The SMILES string of the molecule is C[C@H](Sc1nnc(-c2ccccc2)o1)/C(O)=C(\C#N)c1nc2ccccc2[nH]1. The molecule has 0 radical (unpaired) electrons. The number of para-hydroxylation sites is 2. The van der Waals surface area contributed by atoms with Crippen LogP contribution in [0.4, 0.5) is 0 Å². The molecule has 0 aliphatic carbocycles. The third-order valence-corrected chi connectivity index (χ3v) is 5.03. The Morgan fingerprint density at radius 3 is 2.64 bits per heavy atom. The lowest BCUT2D eigenvalue weighted by Gasteiger charge is -2.08. The molecule has 0 bridgehead atoms. The first kappa shape index (κ1) is 17.8. The lowest BCUT2D eigenvalue weighted by Crippen LogP contribution is -2.04. The van der Waals surface area contributed by atoms with E-state index in [-0.39, 0.29) is 11.3 Å². The third-order valence-electron chi connectivity index (χ3n) is 4.08. The summed E-state index contributed by atoms with van der Waals surface area (Å²) in [5.74, 6) is 0.617. The minimum Gasteiger partial charge on any atom is -0.510 e. The molecule has 0 amide bonds. The highest BCUT2D eigenvalue weighted by atomic mass is 32.2. The van der Waals surface area contributed by atoms with Gasteiger partial charge >= 0.3 is 0 Å². The van der Waals surface area contributed by atoms with Gasteiger partial charge in [-0.25, -0.2) is 4.98 Å². The Labute approximate surface area is 164 Å². The van der Waals surface area contributed by atoms with Crippen LogP contribution in [0.25, 0.3) is 28.1 Å². The van der Waals surface area contributed by atoms with Crippen molar-refractivity contribution >= 4 is 28.4 Å². The predicted octanol–water partition coefficient (Wildman–Crippen LogP) is 4.59. The Kier molecular flexibility index (Phi) is 4.83. The van der Waals surface area contributed by atoms with E-state index in [1.54, 1.807) is 6.92 Å². The van der Waals surface area contributed by atoms with E-state index in [0.29, 0.717) is 16.9 Å². The van der Waals surface area contributed by atoms with E-state index in [1.807, 2.05) is 60.7 Å². The van der Waals surface area contributed by atoms with E-state index in [4.69, 9.17) is 4.42 Å². The van der Waals surface area contributed by atoms with Crippen molar-refractivity contribution in [2.75, 3.05) is 0 Å². The number of aliphatic hydroxyl groups excluding tert-OH is 1. The van der Waals surface area contributed by atoms with Crippen molar-refractivity contribution in [3.05, 3.63) is 66.2 Å². The van der Waals surface area contributed by atoms with Crippen LogP contribution >= 0.6 is 11.8 Å². The van der Waals surface area contributed by atoms with Gasteiger partial charge < -0.3 is 14.5 Å². The van der Waals surface area contributed by atoms with E-state index < -0.39 is 5.25 Å². The summed E-state index contributed by atoms with van der Waals surface area (Å²) < 4.78 is 5.66. The summed E-state index contributed by atoms with van der Waals surface area (Å²) in [5.41, 5.74) is 2.42. The number of aliphatic hydroxyl groups is 1. The molecule has 138 valence electrons. The van der Waals surface area contributed by atoms with Gasteiger partial charge in [0, 0.05) is 5.56 Å². The molecule has 8 heteroatoms. The molecule has 2 heterocycles. The summed E-state index contributed by atoms with van der Waals surface area (Å²) in [6, 6.07) is 18.9. The number of fused-ring (bicyclic) bond motifs is 1. The number of allylic oxidation sites excluding steroid dienone is 1. The highest BCUT2D eigenvalue weighted by molar-refractivity contribution is 7.99. The maximum Gasteiger partial charge on any atom is 0.277 e. The highest BCUT2D eigenvalue weighted by Gasteiger charge is 2.21. The molecule has 0 spiro atoms. The number of nitrogens with zero attached hydrogens (tertiary/aromatic N) is 4. The lowest BCUT2D eigenvalue weighted by molar-refractivity contribution is 0.399. The van der Waals surface area contributed by atoms with E-state index >= 15 is 0 Å². The van der Waals surface area contributed by atoms with E-state index in [1.165, 1.54) is 11.8 Å². The number of nitriles is 1. The number of hydrogen-bond donors (Lipinski definition) is 2. The van der Waals surface area contributed by atoms with Crippen LogP contribution < -0.4 is 0 Å². The number of imidazole rings is 1. The molecular weight excluding hydrogens is 374 g/mol. The van der Waals surface area contributed by atoms with E-state index in [9.17, 15) is 10.4 Å². The summed E-state index contributed by atoms with van der Waals surface area (Å²) in [7, 11) is 0. The van der Waals surface area contributed by atoms with Gasteiger partial charge in [0.2, 0.25) is 5.89 Å². The second-order valence-electron chi connectivity index (χ2n) is 5.97. The van der Waals surface area contributed by atoms with E-state index in [0.717, 1.165) is 16.6 Å². The summed E-state index contributed by atoms with van der Waals surface area (Å²) in [6.45, 7) is 1.76. The first-order valence-electron chi connectivity index (χ1n) is 8.49. The van der Waals surface area contributed by atoms with Gasteiger partial charge in [0.25, 0.3) is 5.22 Å². The zero-order valence-electron chi connectivity index (χ0n) is 14.8. The molecule has 7 nitrogen and oxygen atoms in total. The van der Waals surface area contributed by atoms with Gasteiger partial charge in [0.15, 0.2) is 5.82 Å². The molecule has 0 saturated carbocycles. The van der Waals surface area contributed by atoms with Gasteiger partial charge in [0.05, 0.1) is 16.3 Å². The molecule has 0 aliphatic heterocycles. The Hall–Kier alpha value is -3.57. The molecule has 0 saturated heterocycles. The molecule has 4 aromatic rings. The molecule has 0 aliphatic rings. The Balaban J connectivity index is 1.58. The molecule has 2 aromatic heterocycles. The number of nitrogens with one attached hydrogen (secondary N) is 1. The number of aromatic nitrogens is 4. The molecule has 0 fully saturated rings. The molecule has 4 rings (SSSR count). The smallest absolute Gasteiger partial charge is 0.277 e. The van der Waals surface area contributed by atoms with Crippen molar-refractivity contribution in [2.45, 2.75) is 17.4 Å². The van der Waals surface area contributed by atoms with Crippen LogP contribution in [0, 0.1) is 11.3 Å². The minimum atomic E-state index is -0.480. The zero-order valence-corrected chi connectivity index (χ0v) is 15.6. The molecular formula is C20H15N5O2S. The van der Waals surface area contributed by atoms with Crippen molar-refractivity contribution in [3.63, 3.8) is 0 Å². The van der Waals surface area contributed by atoms with Crippen LogP contribution in [0.1, 0.15) is 12.7 Å². The van der Waals surface area contributed by atoms with Crippen LogP contribution in [0.2, 0.25) is 0 Å². The number of rotatable bonds is 5. The van der Waals surface area contributed by atoms with Crippen molar-refractivity contribution in [3.8, 4) is 17.5 Å². The monoisotopic (exact) mass is 389 g/mol. The Morgan fingerprint density at radius 1 is 1.14 bits per heavy atom. The predicted molar refractivity (Wildman–Crippen MR) is 106 cm³/mol. The fourth-order valence-corrected chi connectivity index (χ4v) is 3.41. The van der Waals surface area contributed by atoms with Crippen LogP contribution in [0.3, 0.4) is 0 Å².